The molecule has 9 heavy (non-hydrogen) atoms. The largest absolute Gasteiger partial charge is 0.315 e. The number of amides is 2. The summed E-state index contributed by atoms with van der Waals surface area (Å²) in [5.74, 6) is -2.33. The van der Waals surface area contributed by atoms with Gasteiger partial charge in [-0.05, 0) is 0 Å². The van der Waals surface area contributed by atoms with Crippen LogP contribution in [0.2, 0.25) is 0 Å². The van der Waals surface area contributed by atoms with Crippen molar-refractivity contribution in [3.05, 3.63) is 0 Å². The summed E-state index contributed by atoms with van der Waals surface area (Å²) in [7, 11) is 0. The summed E-state index contributed by atoms with van der Waals surface area (Å²) >= 11 is 0. The Morgan fingerprint density at radius 2 is 1.89 bits per heavy atom. The molecule has 3 nitrogen and oxygen atoms in total. The number of hydrogen-bond donors (Lipinski definition) is 1. The maximum atomic E-state index is 11.2. The molecule has 5 heteroatoms. The van der Waals surface area contributed by atoms with Crippen LogP contribution >= 0.6 is 0 Å². The molecule has 0 spiro atoms. The summed E-state index contributed by atoms with van der Waals surface area (Å²) in [6.45, 7) is 0.986. The second kappa shape index (κ2) is 3.11. The first-order chi connectivity index (χ1) is 4.04. The molecule has 1 N–H and O–H groups in total. The van der Waals surface area contributed by atoms with Crippen LogP contribution < -0.4 is 5.32 Å². The van der Waals surface area contributed by atoms with Gasteiger partial charge in [0.1, 0.15) is 0 Å². The second-order valence-corrected chi connectivity index (χ2v) is 1.35. The standard InChI is InChI=1S/C4H5F2NO2/c1-2(8)7-4(9)3(5)6/h3H,1H3,(H,7,8,9). The van der Waals surface area contributed by atoms with Crippen LogP contribution in [0.15, 0.2) is 0 Å². The first kappa shape index (κ1) is 8.00. The van der Waals surface area contributed by atoms with E-state index in [2.05, 4.69) is 0 Å². The molecule has 0 rings (SSSR count). The number of nitrogens with one attached hydrogen (secondary N) is 1. The fourth-order valence-electron chi connectivity index (χ4n) is 0.228. The first-order valence-corrected chi connectivity index (χ1v) is 2.13. The third-order valence-electron chi connectivity index (χ3n) is 0.497. The minimum absolute atomic E-state index is 0.777. The van der Waals surface area contributed by atoms with Gasteiger partial charge in [-0.25, -0.2) is 0 Å². The van der Waals surface area contributed by atoms with Gasteiger partial charge in [-0.1, -0.05) is 0 Å². The fourth-order valence-corrected chi connectivity index (χ4v) is 0.228. The van der Waals surface area contributed by atoms with Crippen molar-refractivity contribution < 1.29 is 18.4 Å². The number of carbonyl (C=O) groups is 2. The lowest BCUT2D eigenvalue weighted by atomic mass is 10.6. The molecule has 0 fully saturated rings. The lowest BCUT2D eigenvalue weighted by Gasteiger charge is -1.95. The van der Waals surface area contributed by atoms with E-state index in [1.165, 1.54) is 5.32 Å². The van der Waals surface area contributed by atoms with E-state index in [1.54, 1.807) is 0 Å². The molecule has 0 aliphatic rings. The second-order valence-electron chi connectivity index (χ2n) is 1.35. The van der Waals surface area contributed by atoms with Gasteiger partial charge >= 0.3 is 6.43 Å². The highest BCUT2D eigenvalue weighted by molar-refractivity contribution is 5.95. The van der Waals surface area contributed by atoms with E-state index in [9.17, 15) is 18.4 Å². The SMILES string of the molecule is CC(=O)NC(=O)C(F)F. The van der Waals surface area contributed by atoms with Crippen LogP contribution in [0.4, 0.5) is 8.78 Å². The molecule has 0 aliphatic heterocycles. The summed E-state index contributed by atoms with van der Waals surface area (Å²) in [5, 5.41) is 1.41. The Bertz CT molecular complexity index is 135. The zero-order valence-electron chi connectivity index (χ0n) is 4.65. The van der Waals surface area contributed by atoms with Gasteiger partial charge in [0.15, 0.2) is 0 Å². The average molecular weight is 137 g/mol. The smallest absolute Gasteiger partial charge is 0.292 e. The van der Waals surface area contributed by atoms with Crippen LogP contribution in [0.1, 0.15) is 6.92 Å². The zero-order chi connectivity index (χ0) is 7.44. The van der Waals surface area contributed by atoms with E-state index in [0.717, 1.165) is 6.92 Å². The van der Waals surface area contributed by atoms with E-state index in [4.69, 9.17) is 0 Å². The Kier molecular flexibility index (Phi) is 2.77. The quantitative estimate of drug-likeness (QED) is 0.549. The molecule has 0 radical (unpaired) electrons. The topological polar surface area (TPSA) is 46.2 Å². The highest BCUT2D eigenvalue weighted by Gasteiger charge is 2.15. The van der Waals surface area contributed by atoms with Crippen molar-refractivity contribution in [1.82, 2.24) is 5.32 Å². The number of rotatable bonds is 1. The van der Waals surface area contributed by atoms with Crippen molar-refractivity contribution in [2.75, 3.05) is 0 Å². The summed E-state index contributed by atoms with van der Waals surface area (Å²) in [5.41, 5.74) is 0. The maximum absolute atomic E-state index is 11.2. The molecule has 0 aromatic carbocycles. The number of hydrogen-bond acceptors (Lipinski definition) is 2. The highest BCUT2D eigenvalue weighted by atomic mass is 19.3. The van der Waals surface area contributed by atoms with Crippen molar-refractivity contribution in [1.29, 1.82) is 0 Å². The Balaban J connectivity index is 3.64. The Hall–Kier alpha value is -1.00. The maximum Gasteiger partial charge on any atom is 0.315 e. The third-order valence-corrected chi connectivity index (χ3v) is 0.497. The van der Waals surface area contributed by atoms with E-state index < -0.39 is 18.2 Å². The minimum Gasteiger partial charge on any atom is -0.292 e. The van der Waals surface area contributed by atoms with Gasteiger partial charge in [0.05, 0.1) is 0 Å². The average Bonchev–Trinajstić information content (AvgIpc) is 1.63. The molecule has 0 bridgehead atoms. The fraction of sp³-hybridized carbons (Fsp3) is 0.500. The van der Waals surface area contributed by atoms with E-state index >= 15 is 0 Å². The minimum atomic E-state index is -3.12. The third kappa shape index (κ3) is 3.57. The monoisotopic (exact) mass is 137 g/mol. The van der Waals surface area contributed by atoms with Crippen molar-refractivity contribution in [2.45, 2.75) is 13.3 Å². The van der Waals surface area contributed by atoms with Crippen LogP contribution in [0, 0.1) is 0 Å². The van der Waals surface area contributed by atoms with E-state index in [-0.39, 0.29) is 0 Å². The molecule has 0 heterocycles. The number of halogens is 2. The van der Waals surface area contributed by atoms with Gasteiger partial charge < -0.3 is 0 Å². The number of carbonyl (C=O) groups excluding carboxylic acids is 2. The molecule has 0 saturated carbocycles. The van der Waals surface area contributed by atoms with Gasteiger partial charge in [-0.2, -0.15) is 8.78 Å². The lowest BCUT2D eigenvalue weighted by molar-refractivity contribution is -0.136. The normalized spacial score (nSPS) is 9.33. The molecule has 0 aromatic rings. The van der Waals surface area contributed by atoms with Gasteiger partial charge in [0, 0.05) is 6.92 Å². The predicted octanol–water partition coefficient (Wildman–Crippen LogP) is -0.0858. The van der Waals surface area contributed by atoms with Crippen molar-refractivity contribution in [3.8, 4) is 0 Å². The molecular formula is C4H5F2NO2. The summed E-state index contributed by atoms with van der Waals surface area (Å²) in [4.78, 5) is 19.8. The molecular weight excluding hydrogens is 132 g/mol. The Morgan fingerprint density at radius 3 is 2.00 bits per heavy atom. The van der Waals surface area contributed by atoms with E-state index in [0.29, 0.717) is 0 Å². The van der Waals surface area contributed by atoms with Crippen LogP contribution in [0.25, 0.3) is 0 Å². The van der Waals surface area contributed by atoms with Gasteiger partial charge in [-0.15, -0.1) is 0 Å². The molecule has 52 valence electrons. The van der Waals surface area contributed by atoms with Gasteiger partial charge in [0.2, 0.25) is 5.91 Å². The van der Waals surface area contributed by atoms with Gasteiger partial charge in [-0.3, -0.25) is 14.9 Å². The Labute approximate surface area is 50.0 Å². The van der Waals surface area contributed by atoms with Crippen molar-refractivity contribution >= 4 is 11.8 Å². The predicted molar refractivity (Wildman–Crippen MR) is 24.8 cm³/mol. The van der Waals surface area contributed by atoms with Crippen LogP contribution in [-0.2, 0) is 9.59 Å². The molecule has 0 saturated heterocycles. The Morgan fingerprint density at radius 1 is 1.44 bits per heavy atom. The highest BCUT2D eigenvalue weighted by Crippen LogP contribution is 1.89. The molecule has 0 atom stereocenters. The van der Waals surface area contributed by atoms with E-state index in [1.807, 2.05) is 0 Å². The molecule has 0 unspecified atom stereocenters. The lowest BCUT2D eigenvalue weighted by Crippen LogP contribution is -2.33. The molecule has 0 aromatic heterocycles. The van der Waals surface area contributed by atoms with Crippen LogP contribution in [0.5, 0.6) is 0 Å². The number of imide groups is 1. The first-order valence-electron chi connectivity index (χ1n) is 2.13. The molecule has 2 amide bonds. The summed E-state index contributed by atoms with van der Waals surface area (Å²) < 4.78 is 22.4. The number of alkyl halides is 2. The van der Waals surface area contributed by atoms with Crippen LogP contribution in [0.3, 0.4) is 0 Å². The zero-order valence-corrected chi connectivity index (χ0v) is 4.65. The summed E-state index contributed by atoms with van der Waals surface area (Å²) in [6, 6.07) is 0. The van der Waals surface area contributed by atoms with Gasteiger partial charge in [0.25, 0.3) is 5.91 Å². The summed E-state index contributed by atoms with van der Waals surface area (Å²) in [6.07, 6.45) is -3.12. The molecule has 0 aliphatic carbocycles. The van der Waals surface area contributed by atoms with Crippen molar-refractivity contribution in [2.24, 2.45) is 0 Å². The van der Waals surface area contributed by atoms with Crippen LogP contribution in [-0.4, -0.2) is 18.2 Å². The van der Waals surface area contributed by atoms with Crippen molar-refractivity contribution in [3.63, 3.8) is 0 Å².